The summed E-state index contributed by atoms with van der Waals surface area (Å²) in [5.74, 6) is -1.30. The van der Waals surface area contributed by atoms with Crippen LogP contribution in [0.2, 0.25) is 5.02 Å². The average Bonchev–Trinajstić information content (AvgIpc) is 2.46. The van der Waals surface area contributed by atoms with E-state index in [-0.39, 0.29) is 25.5 Å². The Kier molecular flexibility index (Phi) is 6.68. The van der Waals surface area contributed by atoms with Gasteiger partial charge in [-0.3, -0.25) is 14.4 Å². The Hall–Kier alpha value is -2.08. The highest BCUT2D eigenvalue weighted by molar-refractivity contribution is 6.33. The number of nitrogens with one attached hydrogen (secondary N) is 1. The number of halogens is 1. The van der Waals surface area contributed by atoms with Crippen LogP contribution in [0.4, 0.5) is 5.69 Å². The van der Waals surface area contributed by atoms with Crippen molar-refractivity contribution in [2.45, 2.75) is 13.3 Å². The zero-order valence-corrected chi connectivity index (χ0v) is 12.6. The fourth-order valence-corrected chi connectivity index (χ4v) is 1.59. The molecule has 0 aliphatic rings. The number of esters is 1. The van der Waals surface area contributed by atoms with Crippen molar-refractivity contribution in [1.29, 1.82) is 0 Å². The number of benzene rings is 1. The van der Waals surface area contributed by atoms with Gasteiger partial charge in [-0.2, -0.15) is 0 Å². The number of para-hydroxylation sites is 1. The molecule has 0 saturated carbocycles. The van der Waals surface area contributed by atoms with Crippen LogP contribution in [0, 0.1) is 0 Å². The molecular formula is C14H17ClN2O4. The van der Waals surface area contributed by atoms with Crippen molar-refractivity contribution in [1.82, 2.24) is 4.90 Å². The SMILES string of the molecule is CCC(=O)OCC(=O)N(C)CC(=O)Nc1ccccc1Cl. The van der Waals surface area contributed by atoms with Crippen molar-refractivity contribution in [2.75, 3.05) is 25.5 Å². The number of hydrogen-bond donors (Lipinski definition) is 1. The van der Waals surface area contributed by atoms with Gasteiger partial charge in [-0.1, -0.05) is 30.7 Å². The Morgan fingerprint density at radius 3 is 2.57 bits per heavy atom. The summed E-state index contributed by atoms with van der Waals surface area (Å²) in [6, 6.07) is 6.79. The number of amides is 2. The second kappa shape index (κ2) is 8.26. The second-order valence-electron chi connectivity index (χ2n) is 4.29. The molecule has 1 rings (SSSR count). The van der Waals surface area contributed by atoms with E-state index in [1.165, 1.54) is 11.9 Å². The summed E-state index contributed by atoms with van der Waals surface area (Å²) in [5.41, 5.74) is 0.474. The average molecular weight is 313 g/mol. The van der Waals surface area contributed by atoms with Gasteiger partial charge in [-0.25, -0.2) is 0 Å². The van der Waals surface area contributed by atoms with Crippen molar-refractivity contribution in [3.05, 3.63) is 29.3 Å². The molecule has 0 aliphatic heterocycles. The second-order valence-corrected chi connectivity index (χ2v) is 4.70. The molecule has 2 amide bonds. The topological polar surface area (TPSA) is 75.7 Å². The predicted octanol–water partition coefficient (Wildman–Crippen LogP) is 1.69. The number of carbonyl (C=O) groups is 3. The summed E-state index contributed by atoms with van der Waals surface area (Å²) in [7, 11) is 1.45. The summed E-state index contributed by atoms with van der Waals surface area (Å²) in [5, 5.41) is 3.01. The van der Waals surface area contributed by atoms with Gasteiger partial charge in [0, 0.05) is 13.5 Å². The number of nitrogens with zero attached hydrogens (tertiary/aromatic N) is 1. The van der Waals surface area contributed by atoms with Gasteiger partial charge in [0.15, 0.2) is 6.61 Å². The molecule has 0 aliphatic carbocycles. The van der Waals surface area contributed by atoms with Gasteiger partial charge in [-0.15, -0.1) is 0 Å². The van der Waals surface area contributed by atoms with E-state index in [2.05, 4.69) is 5.32 Å². The maximum Gasteiger partial charge on any atom is 0.306 e. The zero-order valence-electron chi connectivity index (χ0n) is 11.9. The third kappa shape index (κ3) is 5.83. The Morgan fingerprint density at radius 2 is 1.95 bits per heavy atom. The Morgan fingerprint density at radius 1 is 1.29 bits per heavy atom. The molecular weight excluding hydrogens is 296 g/mol. The predicted molar refractivity (Wildman–Crippen MR) is 79.0 cm³/mol. The first kappa shape index (κ1) is 17.0. The first-order valence-corrected chi connectivity index (χ1v) is 6.75. The van der Waals surface area contributed by atoms with E-state index in [0.717, 1.165) is 0 Å². The molecule has 7 heteroatoms. The molecule has 1 aromatic rings. The zero-order chi connectivity index (χ0) is 15.8. The Balaban J connectivity index is 2.45. The maximum absolute atomic E-state index is 11.8. The van der Waals surface area contributed by atoms with Gasteiger partial charge in [0.05, 0.1) is 17.3 Å². The number of rotatable bonds is 6. The molecule has 21 heavy (non-hydrogen) atoms. The number of carbonyl (C=O) groups excluding carboxylic acids is 3. The highest BCUT2D eigenvalue weighted by Gasteiger charge is 2.15. The van der Waals surface area contributed by atoms with E-state index in [1.807, 2.05) is 0 Å². The van der Waals surface area contributed by atoms with E-state index in [1.54, 1.807) is 31.2 Å². The highest BCUT2D eigenvalue weighted by atomic mass is 35.5. The largest absolute Gasteiger partial charge is 0.456 e. The fraction of sp³-hybridized carbons (Fsp3) is 0.357. The molecule has 0 unspecified atom stereocenters. The first-order valence-electron chi connectivity index (χ1n) is 6.38. The van der Waals surface area contributed by atoms with E-state index in [9.17, 15) is 14.4 Å². The molecule has 0 heterocycles. The van der Waals surface area contributed by atoms with Crippen molar-refractivity contribution >= 4 is 35.1 Å². The van der Waals surface area contributed by atoms with Gasteiger partial charge in [0.1, 0.15) is 0 Å². The fourth-order valence-electron chi connectivity index (χ4n) is 1.41. The minimum absolute atomic E-state index is 0.159. The van der Waals surface area contributed by atoms with Gasteiger partial charge >= 0.3 is 5.97 Å². The number of likely N-dealkylation sites (N-methyl/N-ethyl adjacent to an activating group) is 1. The molecule has 0 radical (unpaired) electrons. The number of ether oxygens (including phenoxy) is 1. The van der Waals surface area contributed by atoms with Crippen molar-refractivity contribution in [3.8, 4) is 0 Å². The van der Waals surface area contributed by atoms with Crippen LogP contribution in [0.25, 0.3) is 0 Å². The quantitative estimate of drug-likeness (QED) is 0.811. The standard InChI is InChI=1S/C14H17ClN2O4/c1-3-14(20)21-9-13(19)17(2)8-12(18)16-11-7-5-4-6-10(11)15/h4-7H,3,8-9H2,1-2H3,(H,16,18). The lowest BCUT2D eigenvalue weighted by Crippen LogP contribution is -2.37. The van der Waals surface area contributed by atoms with Crippen LogP contribution in [0.5, 0.6) is 0 Å². The summed E-state index contributed by atoms with van der Waals surface area (Å²) >= 11 is 5.92. The maximum atomic E-state index is 11.8. The minimum Gasteiger partial charge on any atom is -0.456 e. The Bertz CT molecular complexity index is 533. The minimum atomic E-state index is -0.461. The van der Waals surface area contributed by atoms with Crippen LogP contribution in [0.3, 0.4) is 0 Å². The van der Waals surface area contributed by atoms with Crippen LogP contribution in [-0.2, 0) is 19.1 Å². The Labute approximate surface area is 128 Å². The van der Waals surface area contributed by atoms with E-state index in [4.69, 9.17) is 16.3 Å². The molecule has 0 atom stereocenters. The molecule has 0 bridgehead atoms. The molecule has 0 fully saturated rings. The van der Waals surface area contributed by atoms with Crippen LogP contribution in [-0.4, -0.2) is 42.9 Å². The smallest absolute Gasteiger partial charge is 0.306 e. The van der Waals surface area contributed by atoms with E-state index >= 15 is 0 Å². The molecule has 0 saturated heterocycles. The van der Waals surface area contributed by atoms with Crippen LogP contribution < -0.4 is 5.32 Å². The summed E-state index contributed by atoms with van der Waals surface area (Å²) in [6.07, 6.45) is 0.198. The summed E-state index contributed by atoms with van der Waals surface area (Å²) in [6.45, 7) is 1.10. The van der Waals surface area contributed by atoms with Gasteiger partial charge in [0.2, 0.25) is 5.91 Å². The van der Waals surface area contributed by atoms with Crippen LogP contribution >= 0.6 is 11.6 Å². The molecule has 1 N–H and O–H groups in total. The van der Waals surface area contributed by atoms with Crippen molar-refractivity contribution in [2.24, 2.45) is 0 Å². The summed E-state index contributed by atoms with van der Waals surface area (Å²) < 4.78 is 4.71. The number of hydrogen-bond acceptors (Lipinski definition) is 4. The van der Waals surface area contributed by atoms with E-state index in [0.29, 0.717) is 10.7 Å². The van der Waals surface area contributed by atoms with Gasteiger partial charge in [0.25, 0.3) is 5.91 Å². The molecule has 1 aromatic carbocycles. The van der Waals surface area contributed by atoms with Crippen LogP contribution in [0.15, 0.2) is 24.3 Å². The van der Waals surface area contributed by atoms with Gasteiger partial charge in [-0.05, 0) is 12.1 Å². The molecule has 6 nitrogen and oxygen atoms in total. The lowest BCUT2D eigenvalue weighted by atomic mass is 10.3. The third-order valence-corrected chi connectivity index (χ3v) is 2.93. The van der Waals surface area contributed by atoms with Crippen LogP contribution in [0.1, 0.15) is 13.3 Å². The normalized spacial score (nSPS) is 9.86. The molecule has 0 spiro atoms. The van der Waals surface area contributed by atoms with E-state index < -0.39 is 11.9 Å². The molecule has 114 valence electrons. The third-order valence-electron chi connectivity index (χ3n) is 2.60. The van der Waals surface area contributed by atoms with Gasteiger partial charge < -0.3 is 15.0 Å². The number of anilines is 1. The monoisotopic (exact) mass is 312 g/mol. The first-order chi connectivity index (χ1) is 9.93. The van der Waals surface area contributed by atoms with Crippen molar-refractivity contribution in [3.63, 3.8) is 0 Å². The molecule has 0 aromatic heterocycles. The highest BCUT2D eigenvalue weighted by Crippen LogP contribution is 2.20. The lowest BCUT2D eigenvalue weighted by Gasteiger charge is -2.17. The lowest BCUT2D eigenvalue weighted by molar-refractivity contribution is -0.151. The summed E-state index contributed by atoms with van der Waals surface area (Å²) in [4.78, 5) is 35.6. The van der Waals surface area contributed by atoms with Crippen molar-refractivity contribution < 1.29 is 19.1 Å².